The van der Waals surface area contributed by atoms with Crippen molar-refractivity contribution in [3.63, 3.8) is 0 Å². The van der Waals surface area contributed by atoms with Gasteiger partial charge in [-0.25, -0.2) is 0 Å². The van der Waals surface area contributed by atoms with Gasteiger partial charge in [0, 0.05) is 24.3 Å². The van der Waals surface area contributed by atoms with Gasteiger partial charge in [0.1, 0.15) is 0 Å². The Morgan fingerprint density at radius 1 is 0.588 bits per heavy atom. The molecule has 90 valence electrons. The van der Waals surface area contributed by atoms with Crippen molar-refractivity contribution in [3.05, 3.63) is 59.7 Å². The first-order valence-corrected chi connectivity index (χ1v) is 6.09. The van der Waals surface area contributed by atoms with Crippen molar-refractivity contribution in [1.82, 2.24) is 0 Å². The molecule has 0 aromatic heterocycles. The van der Waals surface area contributed by atoms with Crippen molar-refractivity contribution in [1.29, 1.82) is 0 Å². The zero-order valence-electron chi connectivity index (χ0n) is 11.1. The van der Waals surface area contributed by atoms with Gasteiger partial charge in [-0.05, 0) is 13.8 Å². The molecule has 0 unspecified atom stereocenters. The fourth-order valence-corrected chi connectivity index (χ4v) is 1.39. The fourth-order valence-electron chi connectivity index (χ4n) is 1.39. The van der Waals surface area contributed by atoms with E-state index in [1.54, 1.807) is 0 Å². The molecule has 0 aliphatic rings. The lowest BCUT2D eigenvalue weighted by atomic mass is 10.2. The van der Waals surface area contributed by atoms with Crippen LogP contribution in [0.5, 0.6) is 11.5 Å². The smallest absolute Gasteiger partial charge is 0.260 e. The number of hydrogen-bond acceptors (Lipinski definition) is 0. The van der Waals surface area contributed by atoms with E-state index in [2.05, 4.69) is 42.8 Å². The van der Waals surface area contributed by atoms with Crippen LogP contribution in [-0.2, 0) is 0 Å². The van der Waals surface area contributed by atoms with Crippen LogP contribution in [0.3, 0.4) is 0 Å². The lowest BCUT2D eigenvalue weighted by molar-refractivity contribution is 0.199. The number of aryl methyl sites for hydroxylation is 2. The molecule has 0 radical (unpaired) electrons. The van der Waals surface area contributed by atoms with Gasteiger partial charge < -0.3 is 4.74 Å². The lowest BCUT2D eigenvalue weighted by Crippen LogP contribution is -1.80. The molecule has 17 heavy (non-hydrogen) atoms. The first kappa shape index (κ1) is 13.3. The third-order valence-electron chi connectivity index (χ3n) is 2.33. The first-order valence-electron chi connectivity index (χ1n) is 6.09. The average molecular weight is 229 g/mol. The second-order valence-corrected chi connectivity index (χ2v) is 3.78. The number of ether oxygens (including phenoxy) is 1. The Balaban J connectivity index is 0.000000686. The Kier molecular flexibility index (Phi) is 5.28. The van der Waals surface area contributed by atoms with Gasteiger partial charge in [0.15, 0.2) is 0 Å². The van der Waals surface area contributed by atoms with E-state index in [-0.39, 0.29) is 0 Å². The molecule has 1 N–H and O–H groups in total. The van der Waals surface area contributed by atoms with Gasteiger partial charge in [-0.1, -0.05) is 49.2 Å². The summed E-state index contributed by atoms with van der Waals surface area (Å²) in [6, 6.07) is 16.5. The first-order chi connectivity index (χ1) is 8.24. The Bertz CT molecular complexity index is 383. The van der Waals surface area contributed by atoms with Crippen LogP contribution < -0.4 is 0 Å². The van der Waals surface area contributed by atoms with E-state index in [0.29, 0.717) is 0 Å². The molecule has 0 amide bonds. The van der Waals surface area contributed by atoms with Crippen LogP contribution >= 0.6 is 0 Å². The molecular formula is C16H21O+. The number of rotatable bonds is 2. The Morgan fingerprint density at radius 2 is 0.882 bits per heavy atom. The largest absolute Gasteiger partial charge is 0.546 e. The summed E-state index contributed by atoms with van der Waals surface area (Å²) in [6.07, 6.45) is 0. The maximum absolute atomic E-state index is 4.52. The molecule has 2 aromatic rings. The highest BCUT2D eigenvalue weighted by molar-refractivity contribution is 5.32. The minimum Gasteiger partial charge on any atom is -0.546 e. The van der Waals surface area contributed by atoms with Crippen LogP contribution in [0.25, 0.3) is 0 Å². The molecule has 0 aliphatic carbocycles. The van der Waals surface area contributed by atoms with Crippen molar-refractivity contribution < 1.29 is 4.74 Å². The number of benzene rings is 2. The zero-order valence-corrected chi connectivity index (χ0v) is 11.1. The van der Waals surface area contributed by atoms with E-state index >= 15 is 0 Å². The topological polar surface area (TPSA) is 12.8 Å². The Hall–Kier alpha value is -1.76. The van der Waals surface area contributed by atoms with E-state index in [4.69, 9.17) is 0 Å². The second kappa shape index (κ2) is 6.74. The van der Waals surface area contributed by atoms with Gasteiger partial charge in [0.25, 0.3) is 11.5 Å². The molecular weight excluding hydrogens is 208 g/mol. The molecule has 0 aliphatic heterocycles. The third kappa shape index (κ3) is 4.31. The molecule has 2 rings (SSSR count). The zero-order chi connectivity index (χ0) is 12.7. The van der Waals surface area contributed by atoms with Crippen molar-refractivity contribution in [3.8, 4) is 11.5 Å². The molecule has 0 heterocycles. The van der Waals surface area contributed by atoms with Crippen LogP contribution in [0.2, 0.25) is 0 Å². The van der Waals surface area contributed by atoms with Gasteiger partial charge in [0.05, 0.1) is 0 Å². The molecule has 0 saturated carbocycles. The monoisotopic (exact) mass is 229 g/mol. The van der Waals surface area contributed by atoms with Gasteiger partial charge >= 0.3 is 0 Å². The molecule has 1 nitrogen and oxygen atoms in total. The van der Waals surface area contributed by atoms with Crippen molar-refractivity contribution in [2.45, 2.75) is 27.7 Å². The highest BCUT2D eigenvalue weighted by Gasteiger charge is 2.01. The molecule has 0 saturated heterocycles. The number of hydrogen-bond donors (Lipinski definition) is 0. The van der Waals surface area contributed by atoms with Crippen molar-refractivity contribution in [2.75, 3.05) is 0 Å². The van der Waals surface area contributed by atoms with Gasteiger partial charge in [-0.15, -0.1) is 0 Å². The summed E-state index contributed by atoms with van der Waals surface area (Å²) in [6.45, 7) is 8.16. The van der Waals surface area contributed by atoms with Gasteiger partial charge in [0.2, 0.25) is 0 Å². The van der Waals surface area contributed by atoms with Gasteiger partial charge in [-0.3, -0.25) is 0 Å². The van der Waals surface area contributed by atoms with E-state index in [9.17, 15) is 0 Å². The fraction of sp³-hybridized carbons (Fsp3) is 0.250. The molecule has 2 aromatic carbocycles. The summed E-state index contributed by atoms with van der Waals surface area (Å²) in [5.74, 6) is 2.01. The SMILES string of the molecule is CC.Cc1ccc([OH+]c2ccc(C)cc2)cc1. The van der Waals surface area contributed by atoms with E-state index in [1.165, 1.54) is 11.1 Å². The standard InChI is InChI=1S/C14H14O.C2H6/c1-11-3-7-13(8-4-11)15-14-9-5-12(2)6-10-14;1-2/h3-10H,1-2H3;1-2H3/p+1. The van der Waals surface area contributed by atoms with Crippen molar-refractivity contribution >= 4 is 0 Å². The van der Waals surface area contributed by atoms with Crippen LogP contribution in [0.4, 0.5) is 0 Å². The summed E-state index contributed by atoms with van der Waals surface area (Å²) in [7, 11) is 0. The van der Waals surface area contributed by atoms with Crippen LogP contribution in [0.1, 0.15) is 25.0 Å². The van der Waals surface area contributed by atoms with Gasteiger partial charge in [-0.2, -0.15) is 0 Å². The summed E-state index contributed by atoms with van der Waals surface area (Å²) in [5, 5.41) is 0. The number of aromatic hydroxyl groups is 2. The van der Waals surface area contributed by atoms with Crippen LogP contribution in [0.15, 0.2) is 48.5 Å². The minimum absolute atomic E-state index is 1.00. The minimum atomic E-state index is 1.00. The molecule has 0 atom stereocenters. The lowest BCUT2D eigenvalue weighted by Gasteiger charge is -2.02. The predicted octanol–water partition coefficient (Wildman–Crippen LogP) is 4.98. The van der Waals surface area contributed by atoms with Crippen LogP contribution in [0, 0.1) is 13.8 Å². The molecule has 1 heteroatoms. The van der Waals surface area contributed by atoms with E-state index in [1.807, 2.05) is 38.1 Å². The molecule has 0 spiro atoms. The summed E-state index contributed by atoms with van der Waals surface area (Å²) >= 11 is 0. The predicted molar refractivity (Wildman–Crippen MR) is 74.8 cm³/mol. The second-order valence-electron chi connectivity index (χ2n) is 3.78. The van der Waals surface area contributed by atoms with Crippen LogP contribution in [-0.4, -0.2) is 4.74 Å². The average Bonchev–Trinajstić information content (AvgIpc) is 2.37. The highest BCUT2D eigenvalue weighted by atomic mass is 16.5. The van der Waals surface area contributed by atoms with E-state index < -0.39 is 0 Å². The quantitative estimate of drug-likeness (QED) is 0.644. The summed E-state index contributed by atoms with van der Waals surface area (Å²) in [5.41, 5.74) is 2.52. The molecule has 0 bridgehead atoms. The van der Waals surface area contributed by atoms with Crippen molar-refractivity contribution in [2.24, 2.45) is 0 Å². The normalized spacial score (nSPS) is 9.18. The van der Waals surface area contributed by atoms with E-state index in [0.717, 1.165) is 11.5 Å². The Labute approximate surface area is 104 Å². The summed E-state index contributed by atoms with van der Waals surface area (Å²) in [4.78, 5) is 0. The summed E-state index contributed by atoms with van der Waals surface area (Å²) < 4.78 is 4.52. The highest BCUT2D eigenvalue weighted by Crippen LogP contribution is 2.23. The molecule has 0 fully saturated rings. The maximum Gasteiger partial charge on any atom is 0.260 e. The maximum atomic E-state index is 4.52. The third-order valence-corrected chi connectivity index (χ3v) is 2.33. The Morgan fingerprint density at radius 3 is 1.18 bits per heavy atom.